The SMILES string of the molecule is SCC(COCc1cccc(Br)c1)c1ccccc1. The van der Waals surface area contributed by atoms with Crippen LogP contribution in [-0.2, 0) is 11.3 Å². The van der Waals surface area contributed by atoms with Gasteiger partial charge in [-0.05, 0) is 29.0 Å². The van der Waals surface area contributed by atoms with Crippen molar-refractivity contribution in [1.29, 1.82) is 0 Å². The smallest absolute Gasteiger partial charge is 0.0717 e. The standard InChI is InChI=1S/C16H17BrOS/c17-16-8-4-5-13(9-16)10-18-11-15(12-19)14-6-2-1-3-7-14/h1-9,15,19H,10-12H2. The van der Waals surface area contributed by atoms with E-state index in [2.05, 4.69) is 65.0 Å². The molecule has 2 rings (SSSR count). The van der Waals surface area contributed by atoms with Gasteiger partial charge in [0.05, 0.1) is 13.2 Å². The Balaban J connectivity index is 1.87. The summed E-state index contributed by atoms with van der Waals surface area (Å²) in [6.07, 6.45) is 0. The third kappa shape index (κ3) is 4.68. The molecule has 0 aliphatic carbocycles. The summed E-state index contributed by atoms with van der Waals surface area (Å²) in [6.45, 7) is 1.33. The van der Waals surface area contributed by atoms with Gasteiger partial charge in [0.25, 0.3) is 0 Å². The molecule has 0 aliphatic heterocycles. The molecule has 1 unspecified atom stereocenters. The van der Waals surface area contributed by atoms with Crippen LogP contribution in [0.3, 0.4) is 0 Å². The van der Waals surface area contributed by atoms with Crippen LogP contribution in [0.15, 0.2) is 59.1 Å². The molecule has 100 valence electrons. The molecule has 0 amide bonds. The monoisotopic (exact) mass is 336 g/mol. The molecule has 1 nitrogen and oxygen atoms in total. The van der Waals surface area contributed by atoms with E-state index in [9.17, 15) is 0 Å². The van der Waals surface area contributed by atoms with E-state index in [0.717, 1.165) is 10.2 Å². The van der Waals surface area contributed by atoms with Crippen molar-refractivity contribution in [2.45, 2.75) is 12.5 Å². The molecular formula is C16H17BrOS. The third-order valence-corrected chi connectivity index (χ3v) is 3.90. The van der Waals surface area contributed by atoms with Crippen LogP contribution in [0.2, 0.25) is 0 Å². The second-order valence-electron chi connectivity index (χ2n) is 4.44. The van der Waals surface area contributed by atoms with Gasteiger partial charge in [-0.1, -0.05) is 58.4 Å². The van der Waals surface area contributed by atoms with Gasteiger partial charge in [0, 0.05) is 10.4 Å². The van der Waals surface area contributed by atoms with E-state index in [1.807, 2.05) is 18.2 Å². The Morgan fingerprint density at radius 3 is 2.53 bits per heavy atom. The van der Waals surface area contributed by atoms with Gasteiger partial charge < -0.3 is 4.74 Å². The Hall–Kier alpha value is -0.770. The van der Waals surface area contributed by atoms with Gasteiger partial charge in [0.15, 0.2) is 0 Å². The minimum Gasteiger partial charge on any atom is -0.376 e. The van der Waals surface area contributed by atoms with Gasteiger partial charge in [-0.15, -0.1) is 0 Å². The Bertz CT molecular complexity index is 501. The highest BCUT2D eigenvalue weighted by Crippen LogP contribution is 2.18. The molecule has 19 heavy (non-hydrogen) atoms. The lowest BCUT2D eigenvalue weighted by molar-refractivity contribution is 0.111. The summed E-state index contributed by atoms with van der Waals surface area (Å²) in [6, 6.07) is 18.6. The molecule has 0 N–H and O–H groups in total. The first kappa shape index (κ1) is 14.6. The van der Waals surface area contributed by atoms with Gasteiger partial charge in [0.2, 0.25) is 0 Å². The summed E-state index contributed by atoms with van der Waals surface area (Å²) in [7, 11) is 0. The second kappa shape index (κ2) is 7.73. The van der Waals surface area contributed by atoms with Crippen LogP contribution < -0.4 is 0 Å². The molecule has 0 saturated heterocycles. The number of rotatable bonds is 6. The largest absolute Gasteiger partial charge is 0.376 e. The van der Waals surface area contributed by atoms with E-state index in [0.29, 0.717) is 19.1 Å². The summed E-state index contributed by atoms with van der Waals surface area (Å²) in [4.78, 5) is 0. The van der Waals surface area contributed by atoms with Crippen molar-refractivity contribution in [1.82, 2.24) is 0 Å². The van der Waals surface area contributed by atoms with Crippen LogP contribution in [0.25, 0.3) is 0 Å². The van der Waals surface area contributed by atoms with Crippen molar-refractivity contribution >= 4 is 28.6 Å². The van der Waals surface area contributed by atoms with Crippen molar-refractivity contribution in [3.63, 3.8) is 0 Å². The molecule has 0 fully saturated rings. The number of ether oxygens (including phenoxy) is 1. The van der Waals surface area contributed by atoms with Crippen molar-refractivity contribution in [3.8, 4) is 0 Å². The molecule has 2 aromatic rings. The fourth-order valence-corrected chi connectivity index (χ4v) is 2.69. The lowest BCUT2D eigenvalue weighted by Crippen LogP contribution is -2.09. The Labute approximate surface area is 128 Å². The van der Waals surface area contributed by atoms with Crippen molar-refractivity contribution < 1.29 is 4.74 Å². The molecule has 0 aromatic heterocycles. The van der Waals surface area contributed by atoms with Crippen LogP contribution in [0.1, 0.15) is 17.0 Å². The number of thiol groups is 1. The maximum absolute atomic E-state index is 5.81. The Morgan fingerprint density at radius 1 is 1.05 bits per heavy atom. The van der Waals surface area contributed by atoms with Gasteiger partial charge in [-0.25, -0.2) is 0 Å². The molecular weight excluding hydrogens is 320 g/mol. The van der Waals surface area contributed by atoms with Crippen LogP contribution >= 0.6 is 28.6 Å². The molecule has 0 saturated carbocycles. The summed E-state index contributed by atoms with van der Waals surface area (Å²) >= 11 is 7.88. The van der Waals surface area contributed by atoms with E-state index in [4.69, 9.17) is 4.74 Å². The fraction of sp³-hybridized carbons (Fsp3) is 0.250. The summed E-state index contributed by atoms with van der Waals surface area (Å²) in [5.41, 5.74) is 2.46. The van der Waals surface area contributed by atoms with E-state index < -0.39 is 0 Å². The molecule has 0 aliphatic rings. The molecule has 0 bridgehead atoms. The highest BCUT2D eigenvalue weighted by molar-refractivity contribution is 9.10. The molecule has 2 aromatic carbocycles. The zero-order valence-corrected chi connectivity index (χ0v) is 13.1. The lowest BCUT2D eigenvalue weighted by atomic mass is 10.0. The highest BCUT2D eigenvalue weighted by atomic mass is 79.9. The summed E-state index contributed by atoms with van der Waals surface area (Å²) in [5, 5.41) is 0. The van der Waals surface area contributed by atoms with E-state index in [-0.39, 0.29) is 0 Å². The number of hydrogen-bond acceptors (Lipinski definition) is 2. The zero-order chi connectivity index (χ0) is 13.5. The van der Waals surface area contributed by atoms with E-state index in [1.54, 1.807) is 0 Å². The predicted octanol–water partition coefficient (Wildman–Crippen LogP) is 4.68. The number of halogens is 1. The Morgan fingerprint density at radius 2 is 1.84 bits per heavy atom. The first-order valence-corrected chi connectivity index (χ1v) is 7.70. The fourth-order valence-electron chi connectivity index (χ4n) is 1.93. The van der Waals surface area contributed by atoms with Crippen LogP contribution in [0, 0.1) is 0 Å². The molecule has 0 radical (unpaired) electrons. The quantitative estimate of drug-likeness (QED) is 0.753. The molecule has 0 heterocycles. The van der Waals surface area contributed by atoms with Crippen LogP contribution in [0.5, 0.6) is 0 Å². The topological polar surface area (TPSA) is 9.23 Å². The first-order chi connectivity index (χ1) is 9.29. The van der Waals surface area contributed by atoms with Gasteiger partial charge >= 0.3 is 0 Å². The van der Waals surface area contributed by atoms with E-state index >= 15 is 0 Å². The molecule has 1 atom stereocenters. The minimum atomic E-state index is 0.344. The maximum Gasteiger partial charge on any atom is 0.0717 e. The van der Waals surface area contributed by atoms with Crippen molar-refractivity contribution in [2.75, 3.05) is 12.4 Å². The third-order valence-electron chi connectivity index (χ3n) is 2.97. The van der Waals surface area contributed by atoms with Crippen molar-refractivity contribution in [2.24, 2.45) is 0 Å². The summed E-state index contributed by atoms with van der Waals surface area (Å²) in [5.74, 6) is 1.14. The molecule has 3 heteroatoms. The maximum atomic E-state index is 5.81. The highest BCUT2D eigenvalue weighted by Gasteiger charge is 2.09. The summed E-state index contributed by atoms with van der Waals surface area (Å²) < 4.78 is 6.90. The Kier molecular flexibility index (Phi) is 5.95. The number of hydrogen-bond donors (Lipinski definition) is 1. The normalized spacial score (nSPS) is 12.3. The van der Waals surface area contributed by atoms with Crippen LogP contribution in [0.4, 0.5) is 0 Å². The van der Waals surface area contributed by atoms with Crippen LogP contribution in [-0.4, -0.2) is 12.4 Å². The van der Waals surface area contributed by atoms with Gasteiger partial charge in [-0.2, -0.15) is 12.6 Å². The predicted molar refractivity (Wildman–Crippen MR) is 86.8 cm³/mol. The minimum absolute atomic E-state index is 0.344. The number of benzene rings is 2. The lowest BCUT2D eigenvalue weighted by Gasteiger charge is -2.15. The average molecular weight is 337 g/mol. The van der Waals surface area contributed by atoms with Gasteiger partial charge in [-0.3, -0.25) is 0 Å². The van der Waals surface area contributed by atoms with Gasteiger partial charge in [0.1, 0.15) is 0 Å². The molecule has 0 spiro atoms. The first-order valence-electron chi connectivity index (χ1n) is 6.27. The second-order valence-corrected chi connectivity index (χ2v) is 5.72. The zero-order valence-electron chi connectivity index (χ0n) is 10.6. The average Bonchev–Trinajstić information content (AvgIpc) is 2.45. The van der Waals surface area contributed by atoms with E-state index in [1.165, 1.54) is 11.1 Å². The van der Waals surface area contributed by atoms with Crippen molar-refractivity contribution in [3.05, 3.63) is 70.2 Å².